The monoisotopic (exact) mass is 502 g/mol. The Bertz CT molecular complexity index is 1240. The molecule has 0 radical (unpaired) electrons. The van der Waals surface area contributed by atoms with Crippen LogP contribution < -0.4 is 5.32 Å². The van der Waals surface area contributed by atoms with Crippen LogP contribution in [0, 0.1) is 17.7 Å². The predicted octanol–water partition coefficient (Wildman–Crippen LogP) is 8.58. The second kappa shape index (κ2) is 7.90. The summed E-state index contributed by atoms with van der Waals surface area (Å²) in [5, 5.41) is 3.12. The molecule has 1 aromatic heterocycles. The van der Waals surface area contributed by atoms with E-state index < -0.39 is 26.9 Å². The van der Waals surface area contributed by atoms with E-state index in [2.05, 4.69) is 10.3 Å². The SMILES string of the molecule is C[C@@H](C(=O)Nc1cccc(S(F)(F)(F)(F)F)c1)[C@H]1CC[C@@H](c2ccnc3ccc(F)cc32)CC1. The smallest absolute Gasteiger partial charge is 0.310 e. The fourth-order valence-electron chi connectivity index (χ4n) is 4.71. The second-order valence-corrected chi connectivity index (χ2v) is 11.4. The van der Waals surface area contributed by atoms with E-state index >= 15 is 0 Å². The first kappa shape index (κ1) is 24.4. The minimum Gasteiger partial charge on any atom is -0.326 e. The Labute approximate surface area is 193 Å². The molecule has 1 aliphatic rings. The molecule has 1 heterocycles. The van der Waals surface area contributed by atoms with Crippen LogP contribution in [0.3, 0.4) is 0 Å². The van der Waals surface area contributed by atoms with E-state index in [1.807, 2.05) is 6.07 Å². The van der Waals surface area contributed by atoms with Crippen molar-refractivity contribution in [1.82, 2.24) is 4.98 Å². The Morgan fingerprint density at radius 2 is 1.71 bits per heavy atom. The van der Waals surface area contributed by atoms with Crippen molar-refractivity contribution in [3.05, 3.63) is 66.1 Å². The molecule has 0 aliphatic heterocycles. The zero-order chi connectivity index (χ0) is 24.8. The molecule has 3 nitrogen and oxygen atoms in total. The maximum Gasteiger partial charge on any atom is 0.310 e. The summed E-state index contributed by atoms with van der Waals surface area (Å²) in [4.78, 5) is 14.9. The summed E-state index contributed by atoms with van der Waals surface area (Å²) in [5.41, 5.74) is 1.40. The van der Waals surface area contributed by atoms with E-state index in [1.54, 1.807) is 19.2 Å². The van der Waals surface area contributed by atoms with Crippen LogP contribution in [0.4, 0.5) is 29.5 Å². The molecule has 1 amide bonds. The molecule has 1 fully saturated rings. The third-order valence-electron chi connectivity index (χ3n) is 6.62. The van der Waals surface area contributed by atoms with Gasteiger partial charge in [0.1, 0.15) is 10.7 Å². The largest absolute Gasteiger partial charge is 0.326 e. The Kier molecular flexibility index (Phi) is 5.66. The van der Waals surface area contributed by atoms with Gasteiger partial charge in [0, 0.05) is 23.2 Å². The second-order valence-electron chi connectivity index (χ2n) is 8.95. The highest BCUT2D eigenvalue weighted by Gasteiger charge is 2.65. The van der Waals surface area contributed by atoms with Gasteiger partial charge in [-0.1, -0.05) is 32.4 Å². The number of halogens is 6. The van der Waals surface area contributed by atoms with E-state index in [9.17, 15) is 28.6 Å². The van der Waals surface area contributed by atoms with Gasteiger partial charge in [0.2, 0.25) is 5.91 Å². The number of aromatic nitrogens is 1. The molecule has 0 spiro atoms. The number of nitrogens with one attached hydrogen (secondary N) is 1. The number of fused-ring (bicyclic) bond motifs is 1. The highest BCUT2D eigenvalue weighted by atomic mass is 32.5. The van der Waals surface area contributed by atoms with E-state index in [-0.39, 0.29) is 29.4 Å². The standard InChI is InChI=1S/C24H24F6N2OS/c1-15(24(33)32-19-3-2-4-20(14-19)34(26,27,28,29)30)16-5-7-17(8-6-16)21-11-12-31-23-10-9-18(25)13-22(21)23/h2-4,9-17H,5-8H2,1H3,(H,32,33)/t15-,16-,17+/m1/s1. The van der Waals surface area contributed by atoms with Crippen LogP contribution in [0.25, 0.3) is 10.9 Å². The lowest BCUT2D eigenvalue weighted by Gasteiger charge is -2.40. The molecule has 3 aromatic rings. The van der Waals surface area contributed by atoms with E-state index in [0.29, 0.717) is 24.4 Å². The first-order valence-corrected chi connectivity index (χ1v) is 12.9. The molecule has 184 valence electrons. The summed E-state index contributed by atoms with van der Waals surface area (Å²) >= 11 is 0. The van der Waals surface area contributed by atoms with E-state index in [0.717, 1.165) is 35.9 Å². The lowest BCUT2D eigenvalue weighted by Crippen LogP contribution is -2.29. The fraction of sp³-hybridized carbons (Fsp3) is 0.333. The van der Waals surface area contributed by atoms with Gasteiger partial charge in [-0.15, -0.1) is 0 Å². The Morgan fingerprint density at radius 3 is 2.38 bits per heavy atom. The molecular weight excluding hydrogens is 478 g/mol. The fourth-order valence-corrected chi connectivity index (χ4v) is 5.40. The van der Waals surface area contributed by atoms with Crippen molar-refractivity contribution in [2.24, 2.45) is 11.8 Å². The first-order valence-electron chi connectivity index (χ1n) is 10.9. The number of carbonyl (C=O) groups excluding carboxylic acids is 1. The Morgan fingerprint density at radius 1 is 1.00 bits per heavy atom. The van der Waals surface area contributed by atoms with Crippen molar-refractivity contribution in [3.8, 4) is 0 Å². The van der Waals surface area contributed by atoms with Crippen molar-refractivity contribution >= 4 is 32.7 Å². The lowest BCUT2D eigenvalue weighted by molar-refractivity contribution is -0.121. The molecule has 4 rings (SSSR count). The molecule has 0 saturated heterocycles. The molecule has 1 N–H and O–H groups in total. The van der Waals surface area contributed by atoms with Crippen LogP contribution in [0.2, 0.25) is 0 Å². The lowest BCUT2D eigenvalue weighted by atomic mass is 9.73. The maximum absolute atomic E-state index is 13.8. The summed E-state index contributed by atoms with van der Waals surface area (Å²) in [7, 11) is -9.83. The summed E-state index contributed by atoms with van der Waals surface area (Å²) in [6, 6.07) is 8.94. The number of hydrogen-bond acceptors (Lipinski definition) is 2. The number of hydrogen-bond donors (Lipinski definition) is 1. The van der Waals surface area contributed by atoms with Crippen LogP contribution in [-0.2, 0) is 4.79 Å². The van der Waals surface area contributed by atoms with Crippen molar-refractivity contribution in [2.45, 2.75) is 43.4 Å². The zero-order valence-corrected chi connectivity index (χ0v) is 19.1. The third kappa shape index (κ3) is 5.32. The third-order valence-corrected chi connectivity index (χ3v) is 7.76. The molecule has 1 atom stereocenters. The Balaban J connectivity index is 1.42. The van der Waals surface area contributed by atoms with Crippen molar-refractivity contribution in [3.63, 3.8) is 0 Å². The molecule has 10 heteroatoms. The number of amides is 1. The zero-order valence-electron chi connectivity index (χ0n) is 18.3. The van der Waals surface area contributed by atoms with Gasteiger partial charge in [-0.05, 0) is 85.5 Å². The minimum atomic E-state index is -9.83. The summed E-state index contributed by atoms with van der Waals surface area (Å²) in [5.74, 6) is -1.21. The summed E-state index contributed by atoms with van der Waals surface area (Å²) < 4.78 is 79.1. The normalized spacial score (nSPS) is 22.0. The summed E-state index contributed by atoms with van der Waals surface area (Å²) in [6.45, 7) is 1.69. The van der Waals surface area contributed by atoms with Crippen LogP contribution in [0.15, 0.2) is 59.6 Å². The van der Waals surface area contributed by atoms with Gasteiger partial charge >= 0.3 is 10.2 Å². The maximum atomic E-state index is 13.8. The number of anilines is 1. The number of pyridine rings is 1. The highest BCUT2D eigenvalue weighted by molar-refractivity contribution is 8.45. The molecular formula is C24H24F6N2OS. The summed E-state index contributed by atoms with van der Waals surface area (Å²) in [6.07, 6.45) is 4.61. The predicted molar refractivity (Wildman–Crippen MR) is 122 cm³/mol. The number of benzene rings is 2. The first-order chi connectivity index (χ1) is 15.7. The van der Waals surface area contributed by atoms with Gasteiger partial charge in [-0.25, -0.2) is 4.39 Å². The minimum absolute atomic E-state index is 0.0140. The van der Waals surface area contributed by atoms with Crippen molar-refractivity contribution < 1.29 is 28.6 Å². The van der Waals surface area contributed by atoms with Gasteiger partial charge in [0.25, 0.3) is 0 Å². The van der Waals surface area contributed by atoms with E-state index in [4.69, 9.17) is 0 Å². The average molecular weight is 503 g/mol. The molecule has 2 aromatic carbocycles. The molecule has 0 bridgehead atoms. The number of carbonyl (C=O) groups is 1. The van der Waals surface area contributed by atoms with Crippen LogP contribution in [-0.4, -0.2) is 10.9 Å². The number of nitrogens with zero attached hydrogens (tertiary/aromatic N) is 1. The van der Waals surface area contributed by atoms with Crippen LogP contribution >= 0.6 is 10.2 Å². The van der Waals surface area contributed by atoms with Gasteiger partial charge in [0.05, 0.1) is 5.52 Å². The number of rotatable bonds is 5. The quantitative estimate of drug-likeness (QED) is 0.355. The molecule has 1 saturated carbocycles. The Hall–Kier alpha value is -2.75. The van der Waals surface area contributed by atoms with Gasteiger partial charge in [0.15, 0.2) is 0 Å². The van der Waals surface area contributed by atoms with E-state index in [1.165, 1.54) is 12.1 Å². The van der Waals surface area contributed by atoms with Crippen molar-refractivity contribution in [1.29, 1.82) is 0 Å². The topological polar surface area (TPSA) is 42.0 Å². The molecule has 34 heavy (non-hydrogen) atoms. The van der Waals surface area contributed by atoms with Crippen LogP contribution in [0.5, 0.6) is 0 Å². The van der Waals surface area contributed by atoms with Gasteiger partial charge in [-0.3, -0.25) is 9.78 Å². The van der Waals surface area contributed by atoms with Crippen molar-refractivity contribution in [2.75, 3.05) is 5.32 Å². The molecule has 1 aliphatic carbocycles. The average Bonchev–Trinajstić information content (AvgIpc) is 2.77. The van der Waals surface area contributed by atoms with Crippen LogP contribution in [0.1, 0.15) is 44.1 Å². The molecule has 0 unspecified atom stereocenters. The highest BCUT2D eigenvalue weighted by Crippen LogP contribution is 3.02. The van der Waals surface area contributed by atoms with Gasteiger partial charge in [-0.2, -0.15) is 0 Å². The van der Waals surface area contributed by atoms with Gasteiger partial charge < -0.3 is 5.32 Å².